The Morgan fingerprint density at radius 2 is 2.06 bits per heavy atom. The Bertz CT molecular complexity index is 255. The number of carbonyl (C=O) groups is 1. The Balaban J connectivity index is 2.19. The molecule has 18 heavy (non-hydrogen) atoms. The number of nitrogens with zero attached hydrogens (tertiary/aromatic N) is 2. The standard InChI is InChI=1S/C12H25N3O3/c1-10(12(17)14(2)3)13-8-11(16)9-15-4-6-18-7-5-15/h10-11,13,16H,4-9H2,1-3H3. The molecule has 0 aromatic heterocycles. The van der Waals surface area contributed by atoms with Crippen LogP contribution in [0.1, 0.15) is 6.92 Å². The first kappa shape index (κ1) is 15.4. The van der Waals surface area contributed by atoms with Gasteiger partial charge in [0.05, 0.1) is 25.4 Å². The first-order valence-electron chi connectivity index (χ1n) is 6.43. The number of ether oxygens (including phenoxy) is 1. The summed E-state index contributed by atoms with van der Waals surface area (Å²) in [5.74, 6) is 0.0218. The topological polar surface area (TPSA) is 65.0 Å². The number of morpholine rings is 1. The van der Waals surface area contributed by atoms with Crippen molar-refractivity contribution in [1.82, 2.24) is 15.1 Å². The van der Waals surface area contributed by atoms with Crippen molar-refractivity contribution in [2.24, 2.45) is 0 Å². The fraction of sp³-hybridized carbons (Fsp3) is 0.917. The highest BCUT2D eigenvalue weighted by atomic mass is 16.5. The summed E-state index contributed by atoms with van der Waals surface area (Å²) in [6, 6.07) is -0.265. The van der Waals surface area contributed by atoms with Crippen LogP contribution in [-0.4, -0.2) is 86.4 Å². The average molecular weight is 259 g/mol. The number of amides is 1. The molecular weight excluding hydrogens is 234 g/mol. The third kappa shape index (κ3) is 5.30. The summed E-state index contributed by atoms with van der Waals surface area (Å²) in [6.45, 7) is 6.05. The maximum Gasteiger partial charge on any atom is 0.238 e. The zero-order valence-electron chi connectivity index (χ0n) is 11.6. The van der Waals surface area contributed by atoms with Crippen molar-refractivity contribution in [3.63, 3.8) is 0 Å². The number of aliphatic hydroxyl groups excluding tert-OH is 1. The quantitative estimate of drug-likeness (QED) is 0.624. The van der Waals surface area contributed by atoms with E-state index in [0.717, 1.165) is 26.3 Å². The summed E-state index contributed by atoms with van der Waals surface area (Å²) in [7, 11) is 3.45. The van der Waals surface area contributed by atoms with Crippen molar-refractivity contribution in [3.8, 4) is 0 Å². The van der Waals surface area contributed by atoms with Crippen molar-refractivity contribution in [1.29, 1.82) is 0 Å². The summed E-state index contributed by atoms with van der Waals surface area (Å²) < 4.78 is 5.25. The van der Waals surface area contributed by atoms with Crippen LogP contribution in [0, 0.1) is 0 Å². The van der Waals surface area contributed by atoms with Gasteiger partial charge in [-0.1, -0.05) is 0 Å². The second kappa shape index (κ2) is 7.68. The van der Waals surface area contributed by atoms with E-state index in [-0.39, 0.29) is 11.9 Å². The molecule has 0 aromatic carbocycles. The molecule has 0 aliphatic carbocycles. The van der Waals surface area contributed by atoms with E-state index in [1.54, 1.807) is 19.0 Å². The number of aliphatic hydroxyl groups is 1. The Kier molecular flexibility index (Phi) is 6.56. The van der Waals surface area contributed by atoms with Gasteiger partial charge in [-0.25, -0.2) is 0 Å². The van der Waals surface area contributed by atoms with Gasteiger partial charge in [-0.05, 0) is 6.92 Å². The normalized spacial score (nSPS) is 20.4. The number of β-amino-alcohol motifs (C(OH)–C–C–N with tert-alkyl or cyclic N) is 1. The molecule has 1 aliphatic heterocycles. The van der Waals surface area contributed by atoms with Crippen LogP contribution >= 0.6 is 0 Å². The van der Waals surface area contributed by atoms with E-state index in [1.165, 1.54) is 0 Å². The lowest BCUT2D eigenvalue weighted by Gasteiger charge is -2.29. The summed E-state index contributed by atoms with van der Waals surface area (Å²) in [4.78, 5) is 15.3. The molecule has 1 rings (SSSR count). The Labute approximate surface area is 109 Å². The number of carbonyl (C=O) groups excluding carboxylic acids is 1. The lowest BCUT2D eigenvalue weighted by atomic mass is 10.2. The van der Waals surface area contributed by atoms with Gasteiger partial charge in [-0.15, -0.1) is 0 Å². The van der Waals surface area contributed by atoms with Gasteiger partial charge < -0.3 is 20.1 Å². The second-order valence-corrected chi connectivity index (χ2v) is 4.93. The molecule has 0 bridgehead atoms. The van der Waals surface area contributed by atoms with Gasteiger partial charge >= 0.3 is 0 Å². The summed E-state index contributed by atoms with van der Waals surface area (Å²) in [6.07, 6.45) is -0.458. The van der Waals surface area contributed by atoms with Crippen LogP contribution < -0.4 is 5.32 Å². The maximum absolute atomic E-state index is 11.6. The van der Waals surface area contributed by atoms with Gasteiger partial charge in [0, 0.05) is 40.3 Å². The van der Waals surface area contributed by atoms with E-state index >= 15 is 0 Å². The highest BCUT2D eigenvalue weighted by Gasteiger charge is 2.18. The monoisotopic (exact) mass is 259 g/mol. The van der Waals surface area contributed by atoms with E-state index in [1.807, 2.05) is 6.92 Å². The molecule has 0 aromatic rings. The maximum atomic E-state index is 11.6. The van der Waals surface area contributed by atoms with E-state index in [2.05, 4.69) is 10.2 Å². The molecule has 2 atom stereocenters. The molecule has 0 radical (unpaired) electrons. The van der Waals surface area contributed by atoms with Crippen molar-refractivity contribution in [2.75, 3.05) is 53.5 Å². The predicted octanol–water partition coefficient (Wildman–Crippen LogP) is -1.25. The number of nitrogens with one attached hydrogen (secondary N) is 1. The average Bonchev–Trinajstić information content (AvgIpc) is 2.36. The van der Waals surface area contributed by atoms with Crippen LogP contribution in [0.15, 0.2) is 0 Å². The molecule has 6 heteroatoms. The minimum Gasteiger partial charge on any atom is -0.390 e. The smallest absolute Gasteiger partial charge is 0.238 e. The van der Waals surface area contributed by atoms with Crippen LogP contribution in [-0.2, 0) is 9.53 Å². The van der Waals surface area contributed by atoms with Gasteiger partial charge in [0.2, 0.25) is 5.91 Å². The van der Waals surface area contributed by atoms with Gasteiger partial charge in [0.15, 0.2) is 0 Å². The lowest BCUT2D eigenvalue weighted by molar-refractivity contribution is -0.130. The molecule has 1 aliphatic rings. The molecule has 1 fully saturated rings. The first-order valence-corrected chi connectivity index (χ1v) is 6.43. The number of hydrogen-bond donors (Lipinski definition) is 2. The molecule has 2 N–H and O–H groups in total. The Morgan fingerprint density at radius 3 is 2.61 bits per heavy atom. The van der Waals surface area contributed by atoms with E-state index in [0.29, 0.717) is 13.1 Å². The van der Waals surface area contributed by atoms with Gasteiger partial charge in [0.1, 0.15) is 0 Å². The van der Waals surface area contributed by atoms with Gasteiger partial charge in [0.25, 0.3) is 0 Å². The highest BCUT2D eigenvalue weighted by Crippen LogP contribution is 1.98. The summed E-state index contributed by atoms with van der Waals surface area (Å²) in [5.41, 5.74) is 0. The van der Waals surface area contributed by atoms with E-state index in [9.17, 15) is 9.90 Å². The van der Waals surface area contributed by atoms with E-state index < -0.39 is 6.10 Å². The zero-order chi connectivity index (χ0) is 13.5. The molecule has 1 heterocycles. The molecule has 2 unspecified atom stereocenters. The fourth-order valence-electron chi connectivity index (χ4n) is 1.93. The molecule has 0 saturated carbocycles. The van der Waals surface area contributed by atoms with Gasteiger partial charge in [-0.2, -0.15) is 0 Å². The Morgan fingerprint density at radius 1 is 1.44 bits per heavy atom. The second-order valence-electron chi connectivity index (χ2n) is 4.93. The van der Waals surface area contributed by atoms with Crippen LogP contribution in [0.5, 0.6) is 0 Å². The van der Waals surface area contributed by atoms with Crippen molar-refractivity contribution in [3.05, 3.63) is 0 Å². The third-order valence-corrected chi connectivity index (χ3v) is 3.04. The van der Waals surface area contributed by atoms with Crippen molar-refractivity contribution < 1.29 is 14.6 Å². The molecule has 0 spiro atoms. The van der Waals surface area contributed by atoms with E-state index in [4.69, 9.17) is 4.74 Å². The number of likely N-dealkylation sites (N-methyl/N-ethyl adjacent to an activating group) is 1. The lowest BCUT2D eigenvalue weighted by Crippen LogP contribution is -2.48. The predicted molar refractivity (Wildman–Crippen MR) is 69.4 cm³/mol. The third-order valence-electron chi connectivity index (χ3n) is 3.04. The zero-order valence-corrected chi connectivity index (χ0v) is 11.6. The largest absolute Gasteiger partial charge is 0.390 e. The van der Waals surface area contributed by atoms with Crippen LogP contribution in [0.25, 0.3) is 0 Å². The summed E-state index contributed by atoms with van der Waals surface area (Å²) in [5, 5.41) is 13.0. The summed E-state index contributed by atoms with van der Waals surface area (Å²) >= 11 is 0. The van der Waals surface area contributed by atoms with Crippen LogP contribution in [0.4, 0.5) is 0 Å². The van der Waals surface area contributed by atoms with Gasteiger partial charge in [-0.3, -0.25) is 9.69 Å². The van der Waals surface area contributed by atoms with Crippen molar-refractivity contribution >= 4 is 5.91 Å². The minimum absolute atomic E-state index is 0.0218. The van der Waals surface area contributed by atoms with Crippen LogP contribution in [0.3, 0.4) is 0 Å². The molecule has 1 amide bonds. The minimum atomic E-state index is -0.458. The fourth-order valence-corrected chi connectivity index (χ4v) is 1.93. The highest BCUT2D eigenvalue weighted by molar-refractivity contribution is 5.80. The molecule has 1 saturated heterocycles. The molecular formula is C12H25N3O3. The molecule has 106 valence electrons. The number of rotatable bonds is 6. The number of hydrogen-bond acceptors (Lipinski definition) is 5. The first-order chi connectivity index (χ1) is 8.50. The van der Waals surface area contributed by atoms with Crippen molar-refractivity contribution in [2.45, 2.75) is 19.1 Å². The Hall–Kier alpha value is -0.690. The van der Waals surface area contributed by atoms with Crippen LogP contribution in [0.2, 0.25) is 0 Å². The SMILES string of the molecule is CC(NCC(O)CN1CCOCC1)C(=O)N(C)C. The molecule has 6 nitrogen and oxygen atoms in total.